The first-order chi connectivity index (χ1) is 11.8. The van der Waals surface area contributed by atoms with Gasteiger partial charge >= 0.3 is 0 Å². The molecule has 5 nitrogen and oxygen atoms in total. The highest BCUT2D eigenvalue weighted by Crippen LogP contribution is 2.34. The quantitative estimate of drug-likeness (QED) is 0.430. The lowest BCUT2D eigenvalue weighted by atomic mass is 10.0. The molecule has 0 atom stereocenters. The van der Waals surface area contributed by atoms with Crippen LogP contribution in [0.3, 0.4) is 0 Å². The maximum absolute atomic E-state index is 12.4. The van der Waals surface area contributed by atoms with E-state index in [0.29, 0.717) is 12.3 Å². The molecule has 0 aliphatic carbocycles. The molecule has 1 aromatic carbocycles. The van der Waals surface area contributed by atoms with Gasteiger partial charge < -0.3 is 5.73 Å². The van der Waals surface area contributed by atoms with Gasteiger partial charge in [-0.05, 0) is 17.9 Å². The maximum Gasteiger partial charge on any atom is 0.291 e. The number of pyridine rings is 1. The first-order valence-corrected chi connectivity index (χ1v) is 8.67. The predicted molar refractivity (Wildman–Crippen MR) is 104 cm³/mol. The number of nitrogens with zero attached hydrogens (tertiary/aromatic N) is 2. The van der Waals surface area contributed by atoms with Crippen LogP contribution in [0.5, 0.6) is 0 Å². The van der Waals surface area contributed by atoms with Crippen molar-refractivity contribution in [1.82, 2.24) is 10.4 Å². The van der Waals surface area contributed by atoms with Gasteiger partial charge in [0.25, 0.3) is 5.91 Å². The van der Waals surface area contributed by atoms with Crippen LogP contribution in [0.25, 0.3) is 0 Å². The molecule has 0 aliphatic heterocycles. The molecular weight excluding hydrogens is 383 g/mol. The van der Waals surface area contributed by atoms with E-state index in [-0.39, 0.29) is 26.6 Å². The Labute approximate surface area is 161 Å². The largest absolute Gasteiger partial charge is 0.396 e. The third kappa shape index (κ3) is 4.84. The number of hydrogen-bond acceptors (Lipinski definition) is 4. The number of hydrogen-bond donors (Lipinski definition) is 2. The molecule has 3 N–H and O–H groups in total. The molecule has 2 rings (SSSR count). The van der Waals surface area contributed by atoms with E-state index < -0.39 is 5.91 Å². The molecule has 25 heavy (non-hydrogen) atoms. The Morgan fingerprint density at radius 1 is 1.20 bits per heavy atom. The predicted octanol–water partition coefficient (Wildman–Crippen LogP) is 4.80. The Bertz CT molecular complexity index is 807. The molecule has 0 saturated heterocycles. The van der Waals surface area contributed by atoms with Crippen molar-refractivity contribution in [2.45, 2.75) is 20.3 Å². The highest BCUT2D eigenvalue weighted by Gasteiger charge is 2.20. The van der Waals surface area contributed by atoms with Gasteiger partial charge in [0.1, 0.15) is 5.02 Å². The first kappa shape index (κ1) is 19.5. The number of benzene rings is 1. The third-order valence-corrected chi connectivity index (χ3v) is 4.42. The summed E-state index contributed by atoms with van der Waals surface area (Å²) < 4.78 is 0. The molecule has 0 aliphatic rings. The SMILES string of the molecule is CC(C)C/C(=N/NC(=O)c1nc(Cl)c(Cl)c(N)c1Cl)c1ccccc1. The lowest BCUT2D eigenvalue weighted by Gasteiger charge is -2.11. The van der Waals surface area contributed by atoms with E-state index >= 15 is 0 Å². The second-order valence-corrected chi connectivity index (χ2v) is 6.87. The van der Waals surface area contributed by atoms with Crippen molar-refractivity contribution in [3.63, 3.8) is 0 Å². The number of aromatic nitrogens is 1. The minimum atomic E-state index is -0.618. The monoisotopic (exact) mass is 398 g/mol. The highest BCUT2D eigenvalue weighted by molar-refractivity contribution is 6.46. The van der Waals surface area contributed by atoms with Crippen LogP contribution in [0, 0.1) is 5.92 Å². The Morgan fingerprint density at radius 2 is 1.84 bits per heavy atom. The molecule has 1 amide bonds. The zero-order valence-electron chi connectivity index (χ0n) is 13.7. The van der Waals surface area contributed by atoms with Gasteiger partial charge in [0.05, 0.1) is 16.4 Å². The highest BCUT2D eigenvalue weighted by atomic mass is 35.5. The summed E-state index contributed by atoms with van der Waals surface area (Å²) in [7, 11) is 0. The topological polar surface area (TPSA) is 80.4 Å². The molecule has 132 valence electrons. The lowest BCUT2D eigenvalue weighted by Crippen LogP contribution is -2.22. The molecule has 8 heteroatoms. The van der Waals surface area contributed by atoms with Gasteiger partial charge in [0.2, 0.25) is 0 Å². The summed E-state index contributed by atoms with van der Waals surface area (Å²) in [5.41, 5.74) is 9.73. The molecule has 0 unspecified atom stereocenters. The minimum absolute atomic E-state index is 0.00271. The van der Waals surface area contributed by atoms with Crippen molar-refractivity contribution in [1.29, 1.82) is 0 Å². The zero-order valence-corrected chi connectivity index (χ0v) is 16.0. The van der Waals surface area contributed by atoms with Crippen LogP contribution in [0.1, 0.15) is 36.3 Å². The standard InChI is InChI=1S/C17H17Cl3N4O/c1-9(2)8-11(10-6-4-3-5-7-10)23-24-17(25)15-12(18)14(21)13(19)16(20)22-15/h3-7,9H,8H2,1-2H3,(H2,21,22)(H,24,25)/b23-11-. The van der Waals surface area contributed by atoms with Crippen LogP contribution in [0.15, 0.2) is 35.4 Å². The van der Waals surface area contributed by atoms with Crippen LogP contribution in [-0.4, -0.2) is 16.6 Å². The Hall–Kier alpha value is -1.82. The summed E-state index contributed by atoms with van der Waals surface area (Å²) in [4.78, 5) is 16.3. The molecular formula is C17H17Cl3N4O. The van der Waals surface area contributed by atoms with Crippen molar-refractivity contribution in [2.24, 2.45) is 11.0 Å². The number of anilines is 1. The summed E-state index contributed by atoms with van der Waals surface area (Å²) in [5.74, 6) is -0.259. The van der Waals surface area contributed by atoms with Gasteiger partial charge in [0, 0.05) is 0 Å². The smallest absolute Gasteiger partial charge is 0.291 e. The van der Waals surface area contributed by atoms with Gasteiger partial charge in [-0.2, -0.15) is 5.10 Å². The van der Waals surface area contributed by atoms with Gasteiger partial charge in [-0.3, -0.25) is 4.79 Å². The number of amides is 1. The molecule has 1 aromatic heterocycles. The van der Waals surface area contributed by atoms with Gasteiger partial charge in [-0.25, -0.2) is 10.4 Å². The molecule has 0 fully saturated rings. The van der Waals surface area contributed by atoms with Gasteiger partial charge in [-0.15, -0.1) is 0 Å². The third-order valence-electron chi connectivity index (χ3n) is 3.29. The van der Waals surface area contributed by atoms with Crippen LogP contribution in [-0.2, 0) is 0 Å². The van der Waals surface area contributed by atoms with Crippen molar-refractivity contribution in [3.05, 3.63) is 56.8 Å². The summed E-state index contributed by atoms with van der Waals surface area (Å²) in [6, 6.07) is 9.58. The van der Waals surface area contributed by atoms with E-state index in [9.17, 15) is 4.79 Å². The zero-order chi connectivity index (χ0) is 18.6. The van der Waals surface area contributed by atoms with Crippen LogP contribution >= 0.6 is 34.8 Å². The Morgan fingerprint density at radius 3 is 2.44 bits per heavy atom. The Balaban J connectivity index is 2.30. The molecule has 1 heterocycles. The average Bonchev–Trinajstić information content (AvgIpc) is 2.60. The molecule has 0 saturated carbocycles. The first-order valence-electron chi connectivity index (χ1n) is 7.53. The van der Waals surface area contributed by atoms with Crippen molar-refractivity contribution < 1.29 is 4.79 Å². The summed E-state index contributed by atoms with van der Waals surface area (Å²) in [6.45, 7) is 4.14. The fourth-order valence-electron chi connectivity index (χ4n) is 2.10. The normalized spacial score (nSPS) is 11.7. The molecule has 0 bridgehead atoms. The number of nitrogens with two attached hydrogens (primary N) is 1. The summed E-state index contributed by atoms with van der Waals surface area (Å²) >= 11 is 17.8. The molecule has 0 radical (unpaired) electrons. The van der Waals surface area contributed by atoms with E-state index in [2.05, 4.69) is 29.4 Å². The van der Waals surface area contributed by atoms with E-state index in [0.717, 1.165) is 11.3 Å². The van der Waals surface area contributed by atoms with Crippen LogP contribution < -0.4 is 11.2 Å². The van der Waals surface area contributed by atoms with E-state index in [1.165, 1.54) is 0 Å². The fraction of sp³-hybridized carbons (Fsp3) is 0.235. The number of hydrazone groups is 1. The van der Waals surface area contributed by atoms with Crippen molar-refractivity contribution in [3.8, 4) is 0 Å². The summed E-state index contributed by atoms with van der Waals surface area (Å²) in [5, 5.41) is 4.09. The maximum atomic E-state index is 12.4. The van der Waals surface area contributed by atoms with E-state index in [1.54, 1.807) is 0 Å². The number of nitrogens with one attached hydrogen (secondary N) is 1. The fourth-order valence-corrected chi connectivity index (χ4v) is 2.69. The number of carbonyl (C=O) groups excluding carboxylic acids is 1. The van der Waals surface area contributed by atoms with Crippen molar-refractivity contribution >= 4 is 52.1 Å². The number of halogens is 3. The Kier molecular flexibility index (Phi) is 6.64. The molecule has 2 aromatic rings. The van der Waals surface area contributed by atoms with Gasteiger partial charge in [0.15, 0.2) is 10.8 Å². The average molecular weight is 400 g/mol. The minimum Gasteiger partial charge on any atom is -0.396 e. The molecule has 0 spiro atoms. The van der Waals surface area contributed by atoms with E-state index in [1.807, 2.05) is 30.3 Å². The summed E-state index contributed by atoms with van der Waals surface area (Å²) in [6.07, 6.45) is 0.689. The van der Waals surface area contributed by atoms with Crippen molar-refractivity contribution in [2.75, 3.05) is 5.73 Å². The number of rotatable bonds is 5. The number of nitrogen functional groups attached to an aromatic ring is 1. The lowest BCUT2D eigenvalue weighted by molar-refractivity contribution is 0.0950. The van der Waals surface area contributed by atoms with Crippen LogP contribution in [0.4, 0.5) is 5.69 Å². The van der Waals surface area contributed by atoms with Gasteiger partial charge in [-0.1, -0.05) is 79.0 Å². The van der Waals surface area contributed by atoms with Crippen LogP contribution in [0.2, 0.25) is 15.2 Å². The number of carbonyl (C=O) groups is 1. The van der Waals surface area contributed by atoms with E-state index in [4.69, 9.17) is 40.5 Å². The second kappa shape index (κ2) is 8.52. The second-order valence-electron chi connectivity index (χ2n) is 5.76.